The molecule has 0 aliphatic carbocycles. The van der Waals surface area contributed by atoms with Gasteiger partial charge in [0.05, 0.1) is 5.69 Å². The molecule has 0 saturated heterocycles. The lowest BCUT2D eigenvalue weighted by atomic mass is 10.3. The maximum Gasteiger partial charge on any atom is 0.226 e. The smallest absolute Gasteiger partial charge is 0.226 e. The number of halogens is 1. The minimum Gasteiger partial charge on any atom is -0.325 e. The Labute approximate surface area is 156 Å². The van der Waals surface area contributed by atoms with Crippen molar-refractivity contribution in [3.63, 3.8) is 0 Å². The minimum atomic E-state index is -0.0287. The van der Waals surface area contributed by atoms with Gasteiger partial charge in [0.25, 0.3) is 0 Å². The number of hydrogen-bond donors (Lipinski definition) is 1. The summed E-state index contributed by atoms with van der Waals surface area (Å²) < 4.78 is 1.83. The predicted octanol–water partition coefficient (Wildman–Crippen LogP) is 5.02. The number of carbonyl (C=O) groups excluding carboxylic acids is 1. The van der Waals surface area contributed by atoms with E-state index in [2.05, 4.69) is 10.4 Å². The van der Waals surface area contributed by atoms with Crippen LogP contribution in [0.25, 0.3) is 0 Å². The highest BCUT2D eigenvalue weighted by Crippen LogP contribution is 2.33. The quantitative estimate of drug-likeness (QED) is 0.661. The maximum absolute atomic E-state index is 12.3. The summed E-state index contributed by atoms with van der Waals surface area (Å²) in [6.45, 7) is 2.54. The number of para-hydroxylation sites is 1. The summed E-state index contributed by atoms with van der Waals surface area (Å²) in [5.74, 6) is -0.0287. The molecule has 6 heteroatoms. The predicted molar refractivity (Wildman–Crippen MR) is 102 cm³/mol. The Morgan fingerprint density at radius 2 is 1.92 bits per heavy atom. The number of nitrogens with zero attached hydrogens (tertiary/aromatic N) is 2. The molecule has 0 aliphatic rings. The van der Waals surface area contributed by atoms with Gasteiger partial charge in [0.2, 0.25) is 5.91 Å². The van der Waals surface area contributed by atoms with E-state index in [1.807, 2.05) is 66.2 Å². The number of rotatable bonds is 6. The van der Waals surface area contributed by atoms with Crippen LogP contribution in [0, 0.1) is 6.92 Å². The molecule has 1 aromatic heterocycles. The second kappa shape index (κ2) is 8.23. The molecule has 1 amide bonds. The number of aryl methyl sites for hydroxylation is 2. The largest absolute Gasteiger partial charge is 0.325 e. The highest BCUT2D eigenvalue weighted by molar-refractivity contribution is 7.99. The van der Waals surface area contributed by atoms with Crippen LogP contribution in [-0.4, -0.2) is 15.7 Å². The van der Waals surface area contributed by atoms with Crippen molar-refractivity contribution in [2.24, 2.45) is 0 Å². The normalized spacial score (nSPS) is 10.6. The van der Waals surface area contributed by atoms with Crippen LogP contribution in [0.5, 0.6) is 0 Å². The van der Waals surface area contributed by atoms with Crippen LogP contribution in [0.15, 0.2) is 70.6 Å². The lowest BCUT2D eigenvalue weighted by molar-refractivity contribution is -0.116. The molecule has 0 atom stereocenters. The number of nitrogens with one attached hydrogen (secondary N) is 1. The Balaban J connectivity index is 1.65. The van der Waals surface area contributed by atoms with Gasteiger partial charge in [-0.1, -0.05) is 35.5 Å². The van der Waals surface area contributed by atoms with Crippen molar-refractivity contribution in [3.05, 3.63) is 71.5 Å². The SMILES string of the molecule is Cc1ccnn1CCC(=O)Nc1ccccc1Sc1ccc(Cl)cc1. The van der Waals surface area contributed by atoms with Crippen LogP contribution in [0.1, 0.15) is 12.1 Å². The molecule has 3 rings (SSSR count). The third-order valence-electron chi connectivity index (χ3n) is 3.68. The Hall–Kier alpha value is -2.24. The third-order valence-corrected chi connectivity index (χ3v) is 5.02. The molecule has 0 spiro atoms. The van der Waals surface area contributed by atoms with Gasteiger partial charge >= 0.3 is 0 Å². The lowest BCUT2D eigenvalue weighted by Gasteiger charge is -2.11. The van der Waals surface area contributed by atoms with Gasteiger partial charge in [-0.15, -0.1) is 0 Å². The van der Waals surface area contributed by atoms with E-state index in [-0.39, 0.29) is 5.91 Å². The van der Waals surface area contributed by atoms with Crippen LogP contribution >= 0.6 is 23.4 Å². The van der Waals surface area contributed by atoms with E-state index in [0.29, 0.717) is 18.0 Å². The van der Waals surface area contributed by atoms with Gasteiger partial charge in [0.1, 0.15) is 0 Å². The Bertz CT molecular complexity index is 861. The second-order valence-corrected chi connectivity index (χ2v) is 7.10. The van der Waals surface area contributed by atoms with Crippen molar-refractivity contribution in [2.45, 2.75) is 29.7 Å². The van der Waals surface area contributed by atoms with Crippen LogP contribution in [0.4, 0.5) is 5.69 Å². The van der Waals surface area contributed by atoms with Crippen molar-refractivity contribution in [1.29, 1.82) is 0 Å². The van der Waals surface area contributed by atoms with Crippen molar-refractivity contribution >= 4 is 35.0 Å². The van der Waals surface area contributed by atoms with Crippen molar-refractivity contribution in [2.75, 3.05) is 5.32 Å². The highest BCUT2D eigenvalue weighted by Gasteiger charge is 2.09. The van der Waals surface area contributed by atoms with E-state index < -0.39 is 0 Å². The molecule has 128 valence electrons. The van der Waals surface area contributed by atoms with E-state index in [1.165, 1.54) is 0 Å². The standard InChI is InChI=1S/C19H18ClN3OS/c1-14-10-12-21-23(14)13-11-19(24)22-17-4-2-3-5-18(17)25-16-8-6-15(20)7-9-16/h2-10,12H,11,13H2,1H3,(H,22,24). The van der Waals surface area contributed by atoms with Crippen molar-refractivity contribution < 1.29 is 4.79 Å². The molecule has 25 heavy (non-hydrogen) atoms. The van der Waals surface area contributed by atoms with Gasteiger partial charge < -0.3 is 5.32 Å². The summed E-state index contributed by atoms with van der Waals surface area (Å²) in [5, 5.41) is 7.90. The molecule has 1 N–H and O–H groups in total. The van der Waals surface area contributed by atoms with Crippen LogP contribution in [0.2, 0.25) is 5.02 Å². The topological polar surface area (TPSA) is 46.9 Å². The lowest BCUT2D eigenvalue weighted by Crippen LogP contribution is -2.16. The van der Waals surface area contributed by atoms with Gasteiger partial charge in [-0.25, -0.2) is 0 Å². The summed E-state index contributed by atoms with van der Waals surface area (Å²) in [4.78, 5) is 14.4. The first kappa shape index (κ1) is 17.6. The summed E-state index contributed by atoms with van der Waals surface area (Å²) in [6.07, 6.45) is 2.12. The molecule has 0 fully saturated rings. The number of amides is 1. The van der Waals surface area contributed by atoms with E-state index in [0.717, 1.165) is 21.2 Å². The van der Waals surface area contributed by atoms with Crippen LogP contribution < -0.4 is 5.32 Å². The van der Waals surface area contributed by atoms with Gasteiger partial charge in [-0.3, -0.25) is 9.48 Å². The number of hydrogen-bond acceptors (Lipinski definition) is 3. The molecule has 0 aliphatic heterocycles. The zero-order valence-corrected chi connectivity index (χ0v) is 15.3. The van der Waals surface area contributed by atoms with E-state index in [4.69, 9.17) is 11.6 Å². The van der Waals surface area contributed by atoms with Crippen molar-refractivity contribution in [3.8, 4) is 0 Å². The third kappa shape index (κ3) is 4.87. The molecule has 0 saturated carbocycles. The first-order valence-corrected chi connectivity index (χ1v) is 9.12. The molecular formula is C19H18ClN3OS. The Morgan fingerprint density at radius 1 is 1.16 bits per heavy atom. The first-order chi connectivity index (χ1) is 12.1. The highest BCUT2D eigenvalue weighted by atomic mass is 35.5. The summed E-state index contributed by atoms with van der Waals surface area (Å²) in [7, 11) is 0. The number of aromatic nitrogens is 2. The summed E-state index contributed by atoms with van der Waals surface area (Å²) in [6, 6.07) is 17.4. The van der Waals surface area contributed by atoms with Crippen molar-refractivity contribution in [1.82, 2.24) is 9.78 Å². The fourth-order valence-electron chi connectivity index (χ4n) is 2.34. The van der Waals surface area contributed by atoms with Gasteiger partial charge in [-0.2, -0.15) is 5.10 Å². The van der Waals surface area contributed by atoms with E-state index >= 15 is 0 Å². The van der Waals surface area contributed by atoms with Gasteiger partial charge in [0, 0.05) is 39.7 Å². The molecule has 4 nitrogen and oxygen atoms in total. The molecule has 1 heterocycles. The van der Waals surface area contributed by atoms with Crippen LogP contribution in [0.3, 0.4) is 0 Å². The summed E-state index contributed by atoms with van der Waals surface area (Å²) >= 11 is 7.52. The molecule has 0 unspecified atom stereocenters. The van der Waals surface area contributed by atoms with Gasteiger partial charge in [-0.05, 0) is 49.4 Å². The first-order valence-electron chi connectivity index (χ1n) is 7.92. The Morgan fingerprint density at radius 3 is 2.64 bits per heavy atom. The number of benzene rings is 2. The van der Waals surface area contributed by atoms with E-state index in [9.17, 15) is 4.79 Å². The fourth-order valence-corrected chi connectivity index (χ4v) is 3.37. The number of carbonyl (C=O) groups is 1. The average Bonchev–Trinajstić information content (AvgIpc) is 3.02. The summed E-state index contributed by atoms with van der Waals surface area (Å²) in [5.41, 5.74) is 1.86. The van der Waals surface area contributed by atoms with Crippen LogP contribution in [-0.2, 0) is 11.3 Å². The fraction of sp³-hybridized carbons (Fsp3) is 0.158. The molecule has 2 aromatic carbocycles. The molecule has 3 aromatic rings. The Kier molecular flexibility index (Phi) is 5.79. The zero-order chi connectivity index (χ0) is 17.6. The minimum absolute atomic E-state index is 0.0287. The number of anilines is 1. The average molecular weight is 372 g/mol. The zero-order valence-electron chi connectivity index (χ0n) is 13.8. The van der Waals surface area contributed by atoms with E-state index in [1.54, 1.807) is 18.0 Å². The second-order valence-electron chi connectivity index (χ2n) is 5.55. The molecule has 0 bridgehead atoms. The maximum atomic E-state index is 12.3. The monoisotopic (exact) mass is 371 g/mol. The molecular weight excluding hydrogens is 354 g/mol. The molecule has 0 radical (unpaired) electrons. The van der Waals surface area contributed by atoms with Gasteiger partial charge in [0.15, 0.2) is 0 Å².